The van der Waals surface area contributed by atoms with Crippen LogP contribution in [0.15, 0.2) is 58.8 Å². The van der Waals surface area contributed by atoms with E-state index < -0.39 is 17.3 Å². The second-order valence-electron chi connectivity index (χ2n) is 9.53. The summed E-state index contributed by atoms with van der Waals surface area (Å²) in [5, 5.41) is 14.3. The summed E-state index contributed by atoms with van der Waals surface area (Å²) in [5.74, 6) is -1.24. The van der Waals surface area contributed by atoms with E-state index in [1.807, 2.05) is 44.4 Å². The topological polar surface area (TPSA) is 80.9 Å². The van der Waals surface area contributed by atoms with E-state index in [0.717, 1.165) is 21.8 Å². The third-order valence-electron chi connectivity index (χ3n) is 7.04. The second-order valence-corrected chi connectivity index (χ2v) is 10.6. The van der Waals surface area contributed by atoms with E-state index in [9.17, 15) is 14.3 Å². The monoisotopic (exact) mass is 558 g/mol. The van der Waals surface area contributed by atoms with E-state index in [0.29, 0.717) is 29.7 Å². The molecule has 3 heterocycles. The highest BCUT2D eigenvalue weighted by Crippen LogP contribution is 2.34. The van der Waals surface area contributed by atoms with Crippen LogP contribution in [0.2, 0.25) is 0 Å². The number of pyridine rings is 1. The van der Waals surface area contributed by atoms with Crippen LogP contribution in [0.25, 0.3) is 28.3 Å². The number of rotatable bonds is 7. The number of thiazole rings is 1. The number of aryl methyl sites for hydroxylation is 3. The highest BCUT2D eigenvalue weighted by atomic mass is 32.1. The molecule has 0 unspecified atom stereocenters. The van der Waals surface area contributed by atoms with Crippen molar-refractivity contribution in [3.05, 3.63) is 109 Å². The zero-order valence-electron chi connectivity index (χ0n) is 22.6. The van der Waals surface area contributed by atoms with Gasteiger partial charge in [-0.25, -0.2) is 14.4 Å². The molecule has 0 aliphatic heterocycles. The van der Waals surface area contributed by atoms with Crippen LogP contribution < -0.4 is 5.56 Å². The van der Waals surface area contributed by atoms with Gasteiger partial charge in [0, 0.05) is 29.1 Å². The molecule has 5 rings (SSSR count). The maximum Gasteiger partial charge on any atom is 0.280 e. The summed E-state index contributed by atoms with van der Waals surface area (Å²) in [6, 6.07) is 12.0. The molecule has 0 fully saturated rings. The van der Waals surface area contributed by atoms with Crippen molar-refractivity contribution in [2.24, 2.45) is 0 Å². The van der Waals surface area contributed by atoms with Gasteiger partial charge in [-0.1, -0.05) is 44.2 Å². The standard InChI is InChI=1S/C31H28F2N4O2S/c1-5-20-8-7-9-21(6-2)27(20)37-29(26-16-40-18(4)35-26)36-30(38)24(31(37)39)14-19-10-11-23(25(32)15-19)22-12-13-34-28(33)17(22)3/h7-13,15-16,39H,5-6,14H2,1-4H3. The Hall–Kier alpha value is -4.24. The van der Waals surface area contributed by atoms with Gasteiger partial charge in [0.1, 0.15) is 11.5 Å². The largest absolute Gasteiger partial charge is 0.494 e. The van der Waals surface area contributed by atoms with Crippen LogP contribution in [-0.4, -0.2) is 24.6 Å². The Bertz CT molecular complexity index is 1770. The van der Waals surface area contributed by atoms with Crippen molar-refractivity contribution in [3.63, 3.8) is 0 Å². The Kier molecular flexibility index (Phi) is 7.58. The third kappa shape index (κ3) is 4.93. The van der Waals surface area contributed by atoms with Gasteiger partial charge in [-0.3, -0.25) is 9.36 Å². The fourth-order valence-corrected chi connectivity index (χ4v) is 5.54. The number of hydrogen-bond donors (Lipinski definition) is 1. The number of aromatic hydroxyl groups is 1. The van der Waals surface area contributed by atoms with Crippen LogP contribution in [0.4, 0.5) is 8.78 Å². The Morgan fingerprint density at radius 2 is 1.70 bits per heavy atom. The molecule has 0 bridgehead atoms. The minimum atomic E-state index is -0.660. The molecular weight excluding hydrogens is 530 g/mol. The Morgan fingerprint density at radius 3 is 2.33 bits per heavy atom. The molecule has 0 saturated heterocycles. The second kappa shape index (κ2) is 11.1. The van der Waals surface area contributed by atoms with Gasteiger partial charge in [0.2, 0.25) is 11.8 Å². The molecule has 0 amide bonds. The van der Waals surface area contributed by atoms with Crippen LogP contribution in [0.1, 0.15) is 46.7 Å². The molecule has 0 aliphatic carbocycles. The summed E-state index contributed by atoms with van der Waals surface area (Å²) < 4.78 is 30.9. The van der Waals surface area contributed by atoms with Crippen LogP contribution in [0.3, 0.4) is 0 Å². The lowest BCUT2D eigenvalue weighted by atomic mass is 9.98. The molecule has 0 aliphatic rings. The van der Waals surface area contributed by atoms with Gasteiger partial charge in [-0.05, 0) is 61.1 Å². The van der Waals surface area contributed by atoms with E-state index in [1.54, 1.807) is 29.7 Å². The predicted molar refractivity (Wildman–Crippen MR) is 153 cm³/mol. The van der Waals surface area contributed by atoms with Crippen LogP contribution in [0.5, 0.6) is 5.88 Å². The van der Waals surface area contributed by atoms with Crippen LogP contribution in [-0.2, 0) is 19.3 Å². The molecule has 204 valence electrons. The quantitative estimate of drug-likeness (QED) is 0.224. The molecule has 0 spiro atoms. The maximum absolute atomic E-state index is 15.3. The highest BCUT2D eigenvalue weighted by molar-refractivity contribution is 7.09. The molecule has 0 saturated carbocycles. The molecular formula is C31H28F2N4O2S. The first-order valence-electron chi connectivity index (χ1n) is 13.0. The highest BCUT2D eigenvalue weighted by Gasteiger charge is 2.24. The number of para-hydroxylation sites is 1. The summed E-state index contributed by atoms with van der Waals surface area (Å²) in [7, 11) is 0. The average Bonchev–Trinajstić information content (AvgIpc) is 3.38. The van der Waals surface area contributed by atoms with E-state index >= 15 is 4.39 Å². The predicted octanol–water partition coefficient (Wildman–Crippen LogP) is 6.73. The number of aromatic nitrogens is 4. The van der Waals surface area contributed by atoms with E-state index in [2.05, 4.69) is 15.0 Å². The maximum atomic E-state index is 15.3. The van der Waals surface area contributed by atoms with Crippen molar-refractivity contribution in [1.29, 1.82) is 0 Å². The van der Waals surface area contributed by atoms with Crippen molar-refractivity contribution in [2.45, 2.75) is 47.0 Å². The minimum absolute atomic E-state index is 0.0435. The number of nitrogens with zero attached hydrogens (tertiary/aromatic N) is 4. The average molecular weight is 559 g/mol. The molecule has 3 aromatic heterocycles. The van der Waals surface area contributed by atoms with Gasteiger partial charge in [0.25, 0.3) is 5.56 Å². The third-order valence-corrected chi connectivity index (χ3v) is 7.82. The summed E-state index contributed by atoms with van der Waals surface area (Å²) >= 11 is 1.43. The smallest absolute Gasteiger partial charge is 0.280 e. The summed E-state index contributed by atoms with van der Waals surface area (Å²) in [6.45, 7) is 7.46. The van der Waals surface area contributed by atoms with Gasteiger partial charge in [-0.15, -0.1) is 11.3 Å². The Balaban J connectivity index is 1.67. The molecule has 5 aromatic rings. The van der Waals surface area contributed by atoms with Crippen LogP contribution >= 0.6 is 11.3 Å². The molecule has 2 aromatic carbocycles. The van der Waals surface area contributed by atoms with Crippen molar-refractivity contribution < 1.29 is 13.9 Å². The summed E-state index contributed by atoms with van der Waals surface area (Å²) in [4.78, 5) is 25.9. The Morgan fingerprint density at radius 1 is 0.975 bits per heavy atom. The zero-order valence-corrected chi connectivity index (χ0v) is 23.4. The number of benzene rings is 2. The van der Waals surface area contributed by atoms with Gasteiger partial charge >= 0.3 is 0 Å². The fraction of sp³-hybridized carbons (Fsp3) is 0.226. The van der Waals surface area contributed by atoms with Gasteiger partial charge in [0.05, 0.1) is 16.3 Å². The van der Waals surface area contributed by atoms with Gasteiger partial charge < -0.3 is 5.11 Å². The first-order chi connectivity index (χ1) is 19.2. The Labute approximate surface area is 234 Å². The zero-order chi connectivity index (χ0) is 28.6. The van der Waals surface area contributed by atoms with E-state index in [1.165, 1.54) is 23.6 Å². The number of hydrogen-bond acceptors (Lipinski definition) is 6. The van der Waals surface area contributed by atoms with Gasteiger partial charge in [-0.2, -0.15) is 9.37 Å². The molecule has 0 atom stereocenters. The summed E-state index contributed by atoms with van der Waals surface area (Å²) in [6.07, 6.45) is 2.63. The molecule has 1 N–H and O–H groups in total. The molecule has 40 heavy (non-hydrogen) atoms. The first kappa shape index (κ1) is 27.3. The van der Waals surface area contributed by atoms with E-state index in [-0.39, 0.29) is 34.8 Å². The summed E-state index contributed by atoms with van der Waals surface area (Å²) in [5.41, 5.74) is 3.97. The van der Waals surface area contributed by atoms with Crippen LogP contribution in [0, 0.1) is 25.6 Å². The lowest BCUT2D eigenvalue weighted by molar-refractivity contribution is 0.429. The minimum Gasteiger partial charge on any atom is -0.494 e. The molecule has 6 nitrogen and oxygen atoms in total. The normalized spacial score (nSPS) is 11.2. The van der Waals surface area contributed by atoms with E-state index in [4.69, 9.17) is 0 Å². The van der Waals surface area contributed by atoms with Crippen molar-refractivity contribution in [2.75, 3.05) is 0 Å². The lowest BCUT2D eigenvalue weighted by Crippen LogP contribution is -2.21. The van der Waals surface area contributed by atoms with Crippen molar-refractivity contribution >= 4 is 11.3 Å². The molecule has 0 radical (unpaired) electrons. The van der Waals surface area contributed by atoms with Crippen molar-refractivity contribution in [3.8, 4) is 34.2 Å². The molecule has 9 heteroatoms. The van der Waals surface area contributed by atoms with Gasteiger partial charge in [0.15, 0.2) is 5.82 Å². The fourth-order valence-electron chi connectivity index (χ4n) is 4.94. The van der Waals surface area contributed by atoms with Crippen molar-refractivity contribution in [1.82, 2.24) is 19.5 Å². The SMILES string of the molecule is CCc1cccc(CC)c1-n1c(-c2csc(C)n2)nc(=O)c(Cc2ccc(-c3ccnc(F)c3C)c(F)c2)c1O. The lowest BCUT2D eigenvalue weighted by Gasteiger charge is -2.21. The number of halogens is 2. The first-order valence-corrected chi connectivity index (χ1v) is 13.9.